The molecule has 1 aromatic rings. The number of benzene rings is 1. The molecule has 1 atom stereocenters. The standard InChI is InChI=1S/C11H10Cl5NO3S/c1-6-2-4-7(5-3-6)21(19,20)10(11(14,15)16)17-9(18)8(12)13/h2-5,8,10H,1H3,(H,17,18). The van der Waals surface area contributed by atoms with Crippen LogP contribution >= 0.6 is 58.0 Å². The van der Waals surface area contributed by atoms with E-state index in [1.807, 2.05) is 5.32 Å². The van der Waals surface area contributed by atoms with E-state index in [2.05, 4.69) is 0 Å². The fraction of sp³-hybridized carbons (Fsp3) is 0.364. The highest BCUT2D eigenvalue weighted by Crippen LogP contribution is 2.36. The van der Waals surface area contributed by atoms with Crippen LogP contribution in [0.1, 0.15) is 5.56 Å². The number of hydrogen-bond acceptors (Lipinski definition) is 3. The summed E-state index contributed by atoms with van der Waals surface area (Å²) in [4.78, 5) is 9.92. The van der Waals surface area contributed by atoms with Gasteiger partial charge < -0.3 is 5.32 Å². The predicted octanol–water partition coefficient (Wildman–Crippen LogP) is 3.38. The van der Waals surface area contributed by atoms with Crippen LogP contribution in [0.25, 0.3) is 0 Å². The fourth-order valence-electron chi connectivity index (χ4n) is 1.39. The van der Waals surface area contributed by atoms with E-state index >= 15 is 0 Å². The highest BCUT2D eigenvalue weighted by molar-refractivity contribution is 7.92. The molecule has 1 unspecified atom stereocenters. The van der Waals surface area contributed by atoms with Gasteiger partial charge in [0.1, 0.15) is 0 Å². The molecule has 4 nitrogen and oxygen atoms in total. The van der Waals surface area contributed by atoms with Crippen LogP contribution in [0, 0.1) is 6.92 Å². The van der Waals surface area contributed by atoms with Crippen LogP contribution in [0.15, 0.2) is 29.2 Å². The lowest BCUT2D eigenvalue weighted by Gasteiger charge is -2.25. The van der Waals surface area contributed by atoms with Gasteiger partial charge >= 0.3 is 0 Å². The van der Waals surface area contributed by atoms with Crippen molar-refractivity contribution in [2.45, 2.75) is 25.8 Å². The van der Waals surface area contributed by atoms with E-state index in [0.717, 1.165) is 5.56 Å². The van der Waals surface area contributed by atoms with Gasteiger partial charge in [-0.1, -0.05) is 75.7 Å². The Morgan fingerprint density at radius 1 is 1.14 bits per heavy atom. The molecule has 0 saturated heterocycles. The predicted molar refractivity (Wildman–Crippen MR) is 86.1 cm³/mol. The zero-order chi connectivity index (χ0) is 16.4. The first-order valence-corrected chi connectivity index (χ1v) is 8.97. The third kappa shape index (κ3) is 5.05. The Morgan fingerprint density at radius 2 is 1.62 bits per heavy atom. The lowest BCUT2D eigenvalue weighted by molar-refractivity contribution is -0.119. The van der Waals surface area contributed by atoms with Crippen molar-refractivity contribution in [3.8, 4) is 0 Å². The van der Waals surface area contributed by atoms with Crippen LogP contribution in [0.2, 0.25) is 0 Å². The number of sulfone groups is 1. The van der Waals surface area contributed by atoms with Gasteiger partial charge in [-0.2, -0.15) is 0 Å². The summed E-state index contributed by atoms with van der Waals surface area (Å²) < 4.78 is 22.7. The number of amides is 1. The molecule has 1 rings (SSSR count). The lowest BCUT2D eigenvalue weighted by atomic mass is 10.2. The fourth-order valence-corrected chi connectivity index (χ4v) is 4.15. The Bertz CT molecular complexity index is 610. The van der Waals surface area contributed by atoms with Crippen LogP contribution in [0.3, 0.4) is 0 Å². The van der Waals surface area contributed by atoms with Crippen molar-refractivity contribution in [2.75, 3.05) is 0 Å². The molecule has 0 radical (unpaired) electrons. The molecule has 1 aromatic carbocycles. The van der Waals surface area contributed by atoms with Crippen molar-refractivity contribution >= 4 is 73.7 Å². The van der Waals surface area contributed by atoms with Gasteiger partial charge in [0.2, 0.25) is 13.6 Å². The summed E-state index contributed by atoms with van der Waals surface area (Å²) in [5.74, 6) is -0.981. The lowest BCUT2D eigenvalue weighted by Crippen LogP contribution is -2.50. The highest BCUT2D eigenvalue weighted by atomic mass is 35.6. The number of carbonyl (C=O) groups is 1. The zero-order valence-corrected chi connectivity index (χ0v) is 15.1. The third-order valence-electron chi connectivity index (χ3n) is 2.43. The van der Waals surface area contributed by atoms with Crippen molar-refractivity contribution in [3.63, 3.8) is 0 Å². The van der Waals surface area contributed by atoms with Gasteiger partial charge in [-0.05, 0) is 19.1 Å². The minimum absolute atomic E-state index is 0.106. The SMILES string of the molecule is Cc1ccc(S(=O)(=O)C(NC(=O)C(Cl)Cl)C(Cl)(Cl)Cl)cc1. The van der Waals surface area contributed by atoms with E-state index in [0.29, 0.717) is 0 Å². The maximum absolute atomic E-state index is 12.5. The summed E-state index contributed by atoms with van der Waals surface area (Å²) in [7, 11) is -4.15. The van der Waals surface area contributed by atoms with Gasteiger partial charge in [-0.25, -0.2) is 8.42 Å². The summed E-state index contributed by atoms with van der Waals surface area (Å²) in [5, 5.41) is 0.195. The first kappa shape index (κ1) is 19.1. The molecule has 0 bridgehead atoms. The van der Waals surface area contributed by atoms with Gasteiger partial charge in [-0.15, -0.1) is 0 Å². The molecule has 0 aliphatic rings. The number of alkyl halides is 5. The minimum atomic E-state index is -4.15. The number of nitrogens with one attached hydrogen (secondary N) is 1. The quantitative estimate of drug-likeness (QED) is 0.770. The normalized spacial score (nSPS) is 14.0. The smallest absolute Gasteiger partial charge is 0.254 e. The van der Waals surface area contributed by atoms with Crippen LogP contribution in [0.4, 0.5) is 0 Å². The summed E-state index contributed by atoms with van der Waals surface area (Å²) in [6.45, 7) is 1.79. The summed E-state index contributed by atoms with van der Waals surface area (Å²) in [6, 6.07) is 5.85. The number of aryl methyl sites for hydroxylation is 1. The number of hydrogen-bond donors (Lipinski definition) is 1. The van der Waals surface area contributed by atoms with E-state index in [-0.39, 0.29) is 4.90 Å². The maximum atomic E-state index is 12.5. The molecule has 0 aromatic heterocycles. The van der Waals surface area contributed by atoms with Gasteiger partial charge in [0, 0.05) is 0 Å². The Labute approximate surface area is 147 Å². The van der Waals surface area contributed by atoms with E-state index in [1.54, 1.807) is 19.1 Å². The molecule has 10 heteroatoms. The molecule has 1 N–H and O–H groups in total. The second-order valence-electron chi connectivity index (χ2n) is 4.09. The zero-order valence-electron chi connectivity index (χ0n) is 10.5. The molecule has 0 aliphatic carbocycles. The number of rotatable bonds is 4. The summed E-state index contributed by atoms with van der Waals surface area (Å²) in [6.07, 6.45) is 0. The second-order valence-corrected chi connectivity index (χ2v) is 9.59. The Hall–Kier alpha value is 0.0900. The molecule has 0 saturated carbocycles. The topological polar surface area (TPSA) is 63.2 Å². The Kier molecular flexibility index (Phi) is 6.48. The van der Waals surface area contributed by atoms with Crippen LogP contribution in [-0.2, 0) is 14.6 Å². The average molecular weight is 414 g/mol. The van der Waals surface area contributed by atoms with Crippen LogP contribution in [0.5, 0.6) is 0 Å². The largest absolute Gasteiger partial charge is 0.333 e. The van der Waals surface area contributed by atoms with Crippen molar-refractivity contribution in [1.29, 1.82) is 0 Å². The van der Waals surface area contributed by atoms with Crippen molar-refractivity contribution in [3.05, 3.63) is 29.8 Å². The van der Waals surface area contributed by atoms with E-state index in [4.69, 9.17) is 58.0 Å². The Morgan fingerprint density at radius 3 is 2.00 bits per heavy atom. The molecule has 1 amide bonds. The van der Waals surface area contributed by atoms with Crippen molar-refractivity contribution < 1.29 is 13.2 Å². The number of carbonyl (C=O) groups excluding carboxylic acids is 1. The Balaban J connectivity index is 3.25. The molecule has 21 heavy (non-hydrogen) atoms. The molecule has 118 valence electrons. The highest BCUT2D eigenvalue weighted by Gasteiger charge is 2.45. The number of halogens is 5. The van der Waals surface area contributed by atoms with Crippen LogP contribution in [-0.4, -0.2) is 28.3 Å². The minimum Gasteiger partial charge on any atom is -0.333 e. The first-order chi connectivity index (χ1) is 9.46. The summed E-state index contributed by atoms with van der Waals surface area (Å²) >= 11 is 27.7. The molecular formula is C11H10Cl5NO3S. The van der Waals surface area contributed by atoms with E-state index < -0.39 is 29.7 Å². The molecule has 0 spiro atoms. The molecule has 0 heterocycles. The van der Waals surface area contributed by atoms with Gasteiger partial charge in [-0.3, -0.25) is 4.79 Å². The van der Waals surface area contributed by atoms with Gasteiger partial charge in [0.05, 0.1) is 4.90 Å². The first-order valence-electron chi connectivity index (χ1n) is 5.42. The van der Waals surface area contributed by atoms with Gasteiger partial charge in [0.25, 0.3) is 5.91 Å². The second kappa shape index (κ2) is 7.11. The van der Waals surface area contributed by atoms with Gasteiger partial charge in [0.15, 0.2) is 10.2 Å². The monoisotopic (exact) mass is 411 g/mol. The molecular weight excluding hydrogens is 403 g/mol. The van der Waals surface area contributed by atoms with Crippen molar-refractivity contribution in [1.82, 2.24) is 5.32 Å². The van der Waals surface area contributed by atoms with Crippen molar-refractivity contribution in [2.24, 2.45) is 0 Å². The van der Waals surface area contributed by atoms with E-state index in [9.17, 15) is 13.2 Å². The maximum Gasteiger partial charge on any atom is 0.254 e. The van der Waals surface area contributed by atoms with E-state index in [1.165, 1.54) is 12.1 Å². The van der Waals surface area contributed by atoms with Crippen LogP contribution < -0.4 is 5.32 Å². The molecule has 0 fully saturated rings. The molecule has 0 aliphatic heterocycles. The third-order valence-corrected chi connectivity index (χ3v) is 5.89. The average Bonchev–Trinajstić information content (AvgIpc) is 2.34. The summed E-state index contributed by atoms with van der Waals surface area (Å²) in [5.41, 5.74) is 0.852.